The molecule has 1 N–H and O–H groups in total. The van der Waals surface area contributed by atoms with Crippen molar-refractivity contribution < 1.29 is 4.79 Å². The van der Waals surface area contributed by atoms with Gasteiger partial charge in [-0.25, -0.2) is 0 Å². The van der Waals surface area contributed by atoms with Gasteiger partial charge in [-0.15, -0.1) is 10.2 Å². The highest BCUT2D eigenvalue weighted by atomic mass is 32.2. The highest BCUT2D eigenvalue weighted by molar-refractivity contribution is 7.99. The molecule has 1 aromatic carbocycles. The van der Waals surface area contributed by atoms with Crippen LogP contribution in [0.5, 0.6) is 0 Å². The molecule has 162 valence electrons. The number of carbonyl (C=O) groups is 1. The smallest absolute Gasteiger partial charge is 0.230 e. The Morgan fingerprint density at radius 1 is 1.03 bits per heavy atom. The van der Waals surface area contributed by atoms with Crippen LogP contribution in [-0.2, 0) is 10.2 Å². The summed E-state index contributed by atoms with van der Waals surface area (Å²) in [5.41, 5.74) is 2.55. The van der Waals surface area contributed by atoms with Gasteiger partial charge in [0.2, 0.25) is 5.91 Å². The van der Waals surface area contributed by atoms with Crippen molar-refractivity contribution in [2.24, 2.45) is 0 Å². The summed E-state index contributed by atoms with van der Waals surface area (Å²) in [6.07, 6.45) is 9.50. The molecule has 30 heavy (non-hydrogen) atoms. The lowest BCUT2D eigenvalue weighted by Crippen LogP contribution is -2.33. The van der Waals surface area contributed by atoms with E-state index in [0.29, 0.717) is 17.8 Å². The van der Waals surface area contributed by atoms with Gasteiger partial charge >= 0.3 is 0 Å². The van der Waals surface area contributed by atoms with Crippen molar-refractivity contribution in [1.29, 1.82) is 0 Å². The monoisotopic (exact) mass is 426 g/mol. The maximum absolute atomic E-state index is 12.4. The highest BCUT2D eigenvalue weighted by Crippen LogP contribution is 2.37. The minimum atomic E-state index is 0.115. The largest absolute Gasteiger partial charge is 0.353 e. The van der Waals surface area contributed by atoms with Crippen LogP contribution in [0.1, 0.15) is 83.7 Å². The molecule has 2 saturated carbocycles. The zero-order chi connectivity index (χ0) is 21.1. The van der Waals surface area contributed by atoms with Gasteiger partial charge in [0, 0.05) is 17.6 Å². The van der Waals surface area contributed by atoms with E-state index in [0.717, 1.165) is 42.2 Å². The Labute approximate surface area is 184 Å². The van der Waals surface area contributed by atoms with Crippen molar-refractivity contribution in [2.75, 3.05) is 5.75 Å². The Kier molecular flexibility index (Phi) is 6.51. The summed E-state index contributed by atoms with van der Waals surface area (Å²) in [7, 11) is 0. The maximum atomic E-state index is 12.4. The van der Waals surface area contributed by atoms with Crippen molar-refractivity contribution in [3.8, 4) is 11.4 Å². The van der Waals surface area contributed by atoms with E-state index in [1.807, 2.05) is 0 Å². The summed E-state index contributed by atoms with van der Waals surface area (Å²) < 4.78 is 2.30. The van der Waals surface area contributed by atoms with E-state index in [1.165, 1.54) is 43.0 Å². The third-order valence-electron chi connectivity index (χ3n) is 6.42. The van der Waals surface area contributed by atoms with Crippen LogP contribution in [0.3, 0.4) is 0 Å². The fourth-order valence-corrected chi connectivity index (χ4v) is 5.47. The second-order valence-electron chi connectivity index (χ2n) is 9.78. The Morgan fingerprint density at radius 2 is 1.67 bits per heavy atom. The predicted octanol–water partition coefficient (Wildman–Crippen LogP) is 5.51. The van der Waals surface area contributed by atoms with Crippen molar-refractivity contribution in [1.82, 2.24) is 20.1 Å². The lowest BCUT2D eigenvalue weighted by atomic mass is 9.86. The second-order valence-corrected chi connectivity index (χ2v) is 10.7. The average Bonchev–Trinajstić information content (AvgIpc) is 3.47. The molecular weight excluding hydrogens is 392 g/mol. The van der Waals surface area contributed by atoms with Crippen LogP contribution in [0.2, 0.25) is 0 Å². The first-order valence-corrected chi connectivity index (χ1v) is 12.4. The molecule has 2 aliphatic rings. The van der Waals surface area contributed by atoms with Crippen LogP contribution in [0.15, 0.2) is 29.4 Å². The summed E-state index contributed by atoms with van der Waals surface area (Å²) in [5.74, 6) is 1.45. The fraction of sp³-hybridized carbons (Fsp3) is 0.625. The van der Waals surface area contributed by atoms with E-state index in [-0.39, 0.29) is 11.3 Å². The highest BCUT2D eigenvalue weighted by Gasteiger charge is 2.26. The van der Waals surface area contributed by atoms with Gasteiger partial charge in [-0.05, 0) is 36.7 Å². The number of rotatable bonds is 6. The van der Waals surface area contributed by atoms with E-state index in [2.05, 4.69) is 65.1 Å². The lowest BCUT2D eigenvalue weighted by Gasteiger charge is -2.20. The van der Waals surface area contributed by atoms with Crippen molar-refractivity contribution >= 4 is 17.7 Å². The number of nitrogens with one attached hydrogen (secondary N) is 1. The number of thioether (sulfide) groups is 1. The third-order valence-corrected chi connectivity index (χ3v) is 7.36. The Hall–Kier alpha value is -1.82. The zero-order valence-corrected chi connectivity index (χ0v) is 19.3. The first kappa shape index (κ1) is 21.4. The van der Waals surface area contributed by atoms with Gasteiger partial charge in [0.1, 0.15) is 0 Å². The topological polar surface area (TPSA) is 59.8 Å². The van der Waals surface area contributed by atoms with Crippen LogP contribution >= 0.6 is 11.8 Å². The molecule has 5 nitrogen and oxygen atoms in total. The molecule has 0 atom stereocenters. The number of aromatic nitrogens is 3. The van der Waals surface area contributed by atoms with Gasteiger partial charge in [-0.2, -0.15) is 0 Å². The molecule has 1 heterocycles. The molecule has 0 bridgehead atoms. The molecule has 0 radical (unpaired) electrons. The summed E-state index contributed by atoms with van der Waals surface area (Å²) in [5, 5.41) is 13.1. The van der Waals surface area contributed by atoms with Gasteiger partial charge in [0.25, 0.3) is 0 Å². The van der Waals surface area contributed by atoms with E-state index < -0.39 is 0 Å². The normalized spacial score (nSPS) is 18.2. The summed E-state index contributed by atoms with van der Waals surface area (Å²) in [6.45, 7) is 6.69. The number of hydrogen-bond donors (Lipinski definition) is 1. The SMILES string of the molecule is CC(C)(C)c1ccc(-c2nnc(SCC(=O)NC3CCCC3)n2C2CCCC2)cc1. The first-order chi connectivity index (χ1) is 14.4. The van der Waals surface area contributed by atoms with Crippen LogP contribution < -0.4 is 5.32 Å². The van der Waals surface area contributed by atoms with E-state index >= 15 is 0 Å². The molecule has 1 amide bonds. The molecule has 2 fully saturated rings. The van der Waals surface area contributed by atoms with Gasteiger partial charge in [-0.3, -0.25) is 9.36 Å². The molecule has 0 aliphatic heterocycles. The second kappa shape index (κ2) is 9.13. The average molecular weight is 427 g/mol. The standard InChI is InChI=1S/C24H34N4OS/c1-24(2,3)18-14-12-17(13-15-18)22-26-27-23(28(22)20-10-6-7-11-20)30-16-21(29)25-19-8-4-5-9-19/h12-15,19-20H,4-11,16H2,1-3H3,(H,25,29). The van der Waals surface area contributed by atoms with Crippen LogP contribution in [-0.4, -0.2) is 32.5 Å². The number of nitrogens with zero attached hydrogens (tertiary/aromatic N) is 3. The Morgan fingerprint density at radius 3 is 2.30 bits per heavy atom. The van der Waals surface area contributed by atoms with Crippen molar-refractivity contribution in [3.63, 3.8) is 0 Å². The molecule has 0 unspecified atom stereocenters. The quantitative estimate of drug-likeness (QED) is 0.619. The predicted molar refractivity (Wildman–Crippen MR) is 123 cm³/mol. The zero-order valence-electron chi connectivity index (χ0n) is 18.5. The number of hydrogen-bond acceptors (Lipinski definition) is 4. The van der Waals surface area contributed by atoms with Crippen molar-refractivity contribution in [3.05, 3.63) is 29.8 Å². The van der Waals surface area contributed by atoms with Gasteiger partial charge in [-0.1, -0.05) is 82.5 Å². The maximum Gasteiger partial charge on any atom is 0.230 e. The van der Waals surface area contributed by atoms with E-state index in [4.69, 9.17) is 0 Å². The third kappa shape index (κ3) is 4.90. The molecule has 0 saturated heterocycles. The minimum absolute atomic E-state index is 0.115. The van der Waals surface area contributed by atoms with Gasteiger partial charge in [0.15, 0.2) is 11.0 Å². The number of benzene rings is 1. The molecular formula is C24H34N4OS. The molecule has 2 aromatic rings. The fourth-order valence-electron chi connectivity index (χ4n) is 4.65. The van der Waals surface area contributed by atoms with Crippen molar-refractivity contribution in [2.45, 2.75) is 94.8 Å². The Balaban J connectivity index is 1.53. The number of amides is 1. The van der Waals surface area contributed by atoms with Crippen LogP contribution in [0.4, 0.5) is 0 Å². The van der Waals surface area contributed by atoms with E-state index in [1.54, 1.807) is 0 Å². The summed E-state index contributed by atoms with van der Waals surface area (Å²) in [6, 6.07) is 9.52. The van der Waals surface area contributed by atoms with Crippen LogP contribution in [0, 0.1) is 0 Å². The molecule has 6 heteroatoms. The summed E-state index contributed by atoms with van der Waals surface area (Å²) in [4.78, 5) is 12.4. The lowest BCUT2D eigenvalue weighted by molar-refractivity contribution is -0.119. The van der Waals surface area contributed by atoms with Gasteiger partial charge in [0.05, 0.1) is 5.75 Å². The molecule has 0 spiro atoms. The first-order valence-electron chi connectivity index (χ1n) is 11.4. The van der Waals surface area contributed by atoms with Gasteiger partial charge < -0.3 is 5.32 Å². The Bertz CT molecular complexity index is 856. The molecule has 2 aliphatic carbocycles. The molecule has 4 rings (SSSR count). The van der Waals surface area contributed by atoms with Crippen LogP contribution in [0.25, 0.3) is 11.4 Å². The molecule has 1 aromatic heterocycles. The van der Waals surface area contributed by atoms with E-state index in [9.17, 15) is 4.79 Å². The summed E-state index contributed by atoms with van der Waals surface area (Å²) >= 11 is 1.53. The number of carbonyl (C=O) groups excluding carboxylic acids is 1. The minimum Gasteiger partial charge on any atom is -0.353 e.